The van der Waals surface area contributed by atoms with E-state index in [2.05, 4.69) is 47.0 Å². The van der Waals surface area contributed by atoms with Gasteiger partial charge in [0.25, 0.3) is 0 Å². The largest absolute Gasteiger partial charge is 0.382 e. The van der Waals surface area contributed by atoms with E-state index in [0.29, 0.717) is 11.6 Å². The van der Waals surface area contributed by atoms with Crippen molar-refractivity contribution in [3.63, 3.8) is 0 Å². The van der Waals surface area contributed by atoms with Crippen LogP contribution in [-0.2, 0) is 0 Å². The quantitative estimate of drug-likeness (QED) is 0.869. The Labute approximate surface area is 142 Å². The molecule has 0 fully saturated rings. The number of nitriles is 1. The van der Waals surface area contributed by atoms with Crippen LogP contribution in [0.2, 0.25) is 5.02 Å². The van der Waals surface area contributed by atoms with Crippen LogP contribution < -0.4 is 10.6 Å². The van der Waals surface area contributed by atoms with Gasteiger partial charge < -0.3 is 10.6 Å². The Morgan fingerprint density at radius 3 is 2.78 bits per heavy atom. The Balaban J connectivity index is 2.03. The maximum atomic E-state index is 9.35. The summed E-state index contributed by atoms with van der Waals surface area (Å²) in [6.45, 7) is 1.57. The Morgan fingerprint density at radius 2 is 2.09 bits per heavy atom. The normalized spacial score (nSPS) is 17.2. The van der Waals surface area contributed by atoms with Gasteiger partial charge in [0.15, 0.2) is 0 Å². The molecule has 0 saturated carbocycles. The van der Waals surface area contributed by atoms with Crippen LogP contribution in [0.1, 0.15) is 34.9 Å². The van der Waals surface area contributed by atoms with Gasteiger partial charge >= 0.3 is 0 Å². The molecule has 0 saturated heterocycles. The monoisotopic (exact) mass is 325 g/mol. The smallest absolute Gasteiger partial charge is 0.0905 e. The van der Waals surface area contributed by atoms with E-state index in [9.17, 15) is 5.26 Å². The minimum absolute atomic E-state index is 0.122. The van der Waals surface area contributed by atoms with Crippen molar-refractivity contribution in [3.8, 4) is 6.07 Å². The fourth-order valence-electron chi connectivity index (χ4n) is 3.24. The molecule has 1 aliphatic rings. The second-order valence-electron chi connectivity index (χ2n) is 5.89. The summed E-state index contributed by atoms with van der Waals surface area (Å²) in [6.07, 6.45) is 0.986. The summed E-state index contributed by atoms with van der Waals surface area (Å²) in [5.41, 5.74) is 4.40. The molecule has 1 aliphatic heterocycles. The zero-order valence-corrected chi connectivity index (χ0v) is 13.9. The maximum Gasteiger partial charge on any atom is 0.0905 e. The van der Waals surface area contributed by atoms with Crippen LogP contribution in [0, 0.1) is 11.3 Å². The van der Waals surface area contributed by atoms with E-state index >= 15 is 0 Å². The molecule has 3 rings (SSSR count). The lowest BCUT2D eigenvalue weighted by Gasteiger charge is -2.20. The standard InChI is InChI=1S/C19H20ClN3/c1-22-8-7-16(13-5-3-2-4-6-13)14-9-17-15(11-21)12-23-19(17)18(20)10-14/h2-6,9-10,15-16,22-23H,7-8,12H2,1H3. The average molecular weight is 326 g/mol. The first kappa shape index (κ1) is 15.9. The van der Waals surface area contributed by atoms with Crippen LogP contribution >= 0.6 is 11.6 Å². The van der Waals surface area contributed by atoms with E-state index in [0.717, 1.165) is 24.2 Å². The van der Waals surface area contributed by atoms with Crippen LogP contribution in [-0.4, -0.2) is 20.1 Å². The summed E-state index contributed by atoms with van der Waals surface area (Å²) < 4.78 is 0. The molecule has 0 aromatic heterocycles. The molecule has 2 unspecified atom stereocenters. The third-order valence-corrected chi connectivity index (χ3v) is 4.74. The molecule has 3 nitrogen and oxygen atoms in total. The van der Waals surface area contributed by atoms with Crippen molar-refractivity contribution in [2.45, 2.75) is 18.3 Å². The molecule has 2 N–H and O–H groups in total. The van der Waals surface area contributed by atoms with E-state index in [1.165, 1.54) is 11.1 Å². The Bertz CT molecular complexity index is 721. The Morgan fingerprint density at radius 1 is 1.30 bits per heavy atom. The minimum atomic E-state index is -0.122. The van der Waals surface area contributed by atoms with Crippen molar-refractivity contribution in [2.24, 2.45) is 0 Å². The fourth-order valence-corrected chi connectivity index (χ4v) is 3.54. The molecule has 2 aromatic carbocycles. The van der Waals surface area contributed by atoms with Crippen LogP contribution in [0.5, 0.6) is 0 Å². The first-order valence-electron chi connectivity index (χ1n) is 7.91. The van der Waals surface area contributed by atoms with Gasteiger partial charge in [0.2, 0.25) is 0 Å². The van der Waals surface area contributed by atoms with E-state index in [-0.39, 0.29) is 11.8 Å². The molecular formula is C19H20ClN3. The van der Waals surface area contributed by atoms with Gasteiger partial charge in [0, 0.05) is 12.5 Å². The highest BCUT2D eigenvalue weighted by atomic mass is 35.5. The van der Waals surface area contributed by atoms with Crippen molar-refractivity contribution in [2.75, 3.05) is 25.5 Å². The zero-order chi connectivity index (χ0) is 16.2. The number of fused-ring (bicyclic) bond motifs is 1. The SMILES string of the molecule is CNCCC(c1ccccc1)c1cc(Cl)c2c(c1)C(C#N)CN2. The molecule has 0 bridgehead atoms. The van der Waals surface area contributed by atoms with Gasteiger partial charge in [-0.15, -0.1) is 0 Å². The number of nitrogens with zero attached hydrogens (tertiary/aromatic N) is 1. The molecular weight excluding hydrogens is 306 g/mol. The maximum absolute atomic E-state index is 9.35. The molecule has 2 atom stereocenters. The van der Waals surface area contributed by atoms with Crippen molar-refractivity contribution in [3.05, 3.63) is 64.2 Å². The molecule has 2 aromatic rings. The van der Waals surface area contributed by atoms with E-state index in [1.54, 1.807) is 0 Å². The lowest BCUT2D eigenvalue weighted by Crippen LogP contribution is -2.13. The average Bonchev–Trinajstić information content (AvgIpc) is 3.00. The zero-order valence-electron chi connectivity index (χ0n) is 13.1. The molecule has 23 heavy (non-hydrogen) atoms. The number of rotatable bonds is 5. The van der Waals surface area contributed by atoms with Crippen molar-refractivity contribution in [1.29, 1.82) is 5.26 Å². The topological polar surface area (TPSA) is 47.9 Å². The first-order valence-corrected chi connectivity index (χ1v) is 8.28. The lowest BCUT2D eigenvalue weighted by atomic mass is 9.86. The molecule has 0 radical (unpaired) electrons. The molecule has 1 heterocycles. The van der Waals surface area contributed by atoms with Gasteiger partial charge in [-0.3, -0.25) is 0 Å². The summed E-state index contributed by atoms with van der Waals surface area (Å²) >= 11 is 6.48. The Hall–Kier alpha value is -2.02. The summed E-state index contributed by atoms with van der Waals surface area (Å²) in [5, 5.41) is 16.5. The number of nitrogens with one attached hydrogen (secondary N) is 2. The van der Waals surface area contributed by atoms with Crippen LogP contribution in [0.15, 0.2) is 42.5 Å². The van der Waals surface area contributed by atoms with Gasteiger partial charge in [-0.2, -0.15) is 5.26 Å². The van der Waals surface area contributed by atoms with Gasteiger partial charge in [0.05, 0.1) is 22.7 Å². The molecule has 0 spiro atoms. The molecule has 0 aliphatic carbocycles. The second-order valence-corrected chi connectivity index (χ2v) is 6.29. The molecule has 118 valence electrons. The van der Waals surface area contributed by atoms with Crippen molar-refractivity contribution >= 4 is 17.3 Å². The Kier molecular flexibility index (Phi) is 4.85. The third kappa shape index (κ3) is 3.19. The highest BCUT2D eigenvalue weighted by Gasteiger charge is 2.26. The van der Waals surface area contributed by atoms with Gasteiger partial charge in [-0.1, -0.05) is 48.0 Å². The number of benzene rings is 2. The number of hydrogen-bond acceptors (Lipinski definition) is 3. The van der Waals surface area contributed by atoms with Gasteiger partial charge in [-0.05, 0) is 42.8 Å². The number of anilines is 1. The van der Waals surface area contributed by atoms with Crippen LogP contribution in [0.4, 0.5) is 5.69 Å². The number of hydrogen-bond donors (Lipinski definition) is 2. The van der Waals surface area contributed by atoms with Crippen LogP contribution in [0.3, 0.4) is 0 Å². The van der Waals surface area contributed by atoms with Crippen molar-refractivity contribution < 1.29 is 0 Å². The van der Waals surface area contributed by atoms with Gasteiger partial charge in [0.1, 0.15) is 0 Å². The fraction of sp³-hybridized carbons (Fsp3) is 0.316. The molecule has 4 heteroatoms. The van der Waals surface area contributed by atoms with Gasteiger partial charge in [-0.25, -0.2) is 0 Å². The van der Waals surface area contributed by atoms with Crippen LogP contribution in [0.25, 0.3) is 0 Å². The summed E-state index contributed by atoms with van der Waals surface area (Å²) in [5.74, 6) is 0.148. The summed E-state index contributed by atoms with van der Waals surface area (Å²) in [4.78, 5) is 0. The van der Waals surface area contributed by atoms with E-state index in [1.807, 2.05) is 19.2 Å². The van der Waals surface area contributed by atoms with Crippen molar-refractivity contribution in [1.82, 2.24) is 5.32 Å². The first-order chi connectivity index (χ1) is 11.2. The summed E-state index contributed by atoms with van der Waals surface area (Å²) in [7, 11) is 1.97. The predicted octanol–water partition coefficient (Wildman–Crippen LogP) is 4.11. The van der Waals surface area contributed by atoms with E-state index in [4.69, 9.17) is 11.6 Å². The lowest BCUT2D eigenvalue weighted by molar-refractivity contribution is 0.661. The predicted molar refractivity (Wildman–Crippen MR) is 95.1 cm³/mol. The van der Waals surface area contributed by atoms with E-state index < -0.39 is 0 Å². The summed E-state index contributed by atoms with van der Waals surface area (Å²) in [6, 6.07) is 17.0. The highest BCUT2D eigenvalue weighted by Crippen LogP contribution is 2.41. The third-order valence-electron chi connectivity index (χ3n) is 4.44. The molecule has 0 amide bonds. The minimum Gasteiger partial charge on any atom is -0.382 e. The highest BCUT2D eigenvalue weighted by molar-refractivity contribution is 6.33. The second kappa shape index (κ2) is 7.04. The number of halogens is 1.